The van der Waals surface area contributed by atoms with E-state index in [9.17, 15) is 14.4 Å². The van der Waals surface area contributed by atoms with Crippen molar-refractivity contribution in [3.8, 4) is 0 Å². The highest BCUT2D eigenvalue weighted by Crippen LogP contribution is 2.20. The lowest BCUT2D eigenvalue weighted by atomic mass is 10.1. The first-order valence-corrected chi connectivity index (χ1v) is 7.75. The quantitative estimate of drug-likeness (QED) is 0.768. The number of carbonyl (C=O) groups is 3. The lowest BCUT2D eigenvalue weighted by molar-refractivity contribution is -0.158. The molecule has 0 radical (unpaired) electrons. The Hall–Kier alpha value is -1.41. The highest BCUT2D eigenvalue weighted by atomic mass is 79.9. The number of ether oxygens (including phenoxy) is 1. The molecule has 1 aromatic rings. The fraction of sp³-hybridized carbons (Fsp3) is 0.462. The lowest BCUT2D eigenvalue weighted by Gasteiger charge is -2.21. The molecule has 0 fully saturated rings. The first kappa shape index (κ1) is 17.6. The SMILES string of the molecule is CC(C)(C)OC(=O)C[C@H](NC(=O)c1csc(Br)c1)C(=O)O. The summed E-state index contributed by atoms with van der Waals surface area (Å²) in [6, 6.07) is 0.248. The van der Waals surface area contributed by atoms with E-state index in [4.69, 9.17) is 9.84 Å². The Morgan fingerprint density at radius 3 is 2.48 bits per heavy atom. The minimum Gasteiger partial charge on any atom is -0.480 e. The van der Waals surface area contributed by atoms with Crippen LogP contribution >= 0.6 is 27.3 Å². The van der Waals surface area contributed by atoms with Crippen LogP contribution in [-0.2, 0) is 14.3 Å². The summed E-state index contributed by atoms with van der Waals surface area (Å²) in [6.45, 7) is 5.05. The third-order valence-electron chi connectivity index (χ3n) is 2.22. The van der Waals surface area contributed by atoms with Crippen molar-refractivity contribution in [3.63, 3.8) is 0 Å². The maximum atomic E-state index is 11.9. The molecule has 1 rings (SSSR count). The van der Waals surface area contributed by atoms with Crippen LogP contribution in [0.25, 0.3) is 0 Å². The molecule has 1 heterocycles. The standard InChI is InChI=1S/C13H16BrNO5S/c1-13(2,3)20-10(16)5-8(12(18)19)15-11(17)7-4-9(14)21-6-7/h4,6,8H,5H2,1-3H3,(H,15,17)(H,18,19)/t8-/m0/s1. The Kier molecular flexibility index (Phi) is 5.91. The lowest BCUT2D eigenvalue weighted by Crippen LogP contribution is -2.43. The molecule has 8 heteroatoms. The van der Waals surface area contributed by atoms with Crippen LogP contribution in [0.1, 0.15) is 37.6 Å². The van der Waals surface area contributed by atoms with Crippen LogP contribution in [-0.4, -0.2) is 34.6 Å². The molecule has 0 unspecified atom stereocenters. The Balaban J connectivity index is 2.68. The summed E-state index contributed by atoms with van der Waals surface area (Å²) in [7, 11) is 0. The molecule has 116 valence electrons. The highest BCUT2D eigenvalue weighted by molar-refractivity contribution is 9.11. The van der Waals surface area contributed by atoms with Crippen molar-refractivity contribution >= 4 is 45.1 Å². The zero-order valence-electron chi connectivity index (χ0n) is 11.8. The maximum absolute atomic E-state index is 11.9. The summed E-state index contributed by atoms with van der Waals surface area (Å²) >= 11 is 4.52. The largest absolute Gasteiger partial charge is 0.480 e. The molecule has 1 atom stereocenters. The van der Waals surface area contributed by atoms with Crippen LogP contribution in [0.15, 0.2) is 15.2 Å². The molecule has 21 heavy (non-hydrogen) atoms. The predicted octanol–water partition coefficient (Wildman–Crippen LogP) is 2.43. The molecule has 0 aliphatic rings. The number of hydrogen-bond donors (Lipinski definition) is 2. The first-order valence-electron chi connectivity index (χ1n) is 6.08. The van der Waals surface area contributed by atoms with E-state index in [1.165, 1.54) is 11.3 Å². The minimum atomic E-state index is -1.33. The van der Waals surface area contributed by atoms with E-state index in [1.807, 2.05) is 0 Å². The zero-order valence-corrected chi connectivity index (χ0v) is 14.2. The Morgan fingerprint density at radius 1 is 1.43 bits per heavy atom. The highest BCUT2D eigenvalue weighted by Gasteiger charge is 2.27. The monoisotopic (exact) mass is 377 g/mol. The van der Waals surface area contributed by atoms with Gasteiger partial charge in [0.1, 0.15) is 11.6 Å². The van der Waals surface area contributed by atoms with Gasteiger partial charge in [0, 0.05) is 5.38 Å². The van der Waals surface area contributed by atoms with Gasteiger partial charge in [-0.15, -0.1) is 11.3 Å². The number of carboxylic acids is 1. The van der Waals surface area contributed by atoms with Crippen LogP contribution in [0.2, 0.25) is 0 Å². The number of esters is 1. The molecule has 0 aromatic carbocycles. The average molecular weight is 378 g/mol. The average Bonchev–Trinajstić information content (AvgIpc) is 2.72. The van der Waals surface area contributed by atoms with E-state index >= 15 is 0 Å². The first-order chi connectivity index (χ1) is 9.58. The van der Waals surface area contributed by atoms with E-state index in [0.29, 0.717) is 5.56 Å². The van der Waals surface area contributed by atoms with Crippen molar-refractivity contribution in [2.45, 2.75) is 38.8 Å². The van der Waals surface area contributed by atoms with Crippen molar-refractivity contribution < 1.29 is 24.2 Å². The zero-order chi connectivity index (χ0) is 16.2. The third kappa shape index (κ3) is 6.26. The van der Waals surface area contributed by atoms with Gasteiger partial charge in [0.15, 0.2) is 0 Å². The second-order valence-corrected chi connectivity index (χ2v) is 7.58. The van der Waals surface area contributed by atoms with Gasteiger partial charge in [0.25, 0.3) is 5.91 Å². The van der Waals surface area contributed by atoms with Crippen LogP contribution < -0.4 is 5.32 Å². The van der Waals surface area contributed by atoms with Gasteiger partial charge < -0.3 is 15.2 Å². The van der Waals surface area contributed by atoms with E-state index in [-0.39, 0.29) is 0 Å². The summed E-state index contributed by atoms with van der Waals surface area (Å²) in [5, 5.41) is 13.0. The number of carboxylic acid groups (broad SMARTS) is 1. The van der Waals surface area contributed by atoms with Crippen LogP contribution in [0.3, 0.4) is 0 Å². The van der Waals surface area contributed by atoms with Gasteiger partial charge in [0.05, 0.1) is 15.8 Å². The molecule has 6 nitrogen and oxygen atoms in total. The summed E-state index contributed by atoms with van der Waals surface area (Å²) in [5.41, 5.74) is -0.371. The molecule has 2 N–H and O–H groups in total. The molecule has 0 saturated carbocycles. The number of hydrogen-bond acceptors (Lipinski definition) is 5. The molecule has 0 bridgehead atoms. The van der Waals surface area contributed by atoms with Gasteiger partial charge in [-0.25, -0.2) is 4.79 Å². The van der Waals surface area contributed by atoms with Crippen molar-refractivity contribution in [3.05, 3.63) is 20.8 Å². The number of aliphatic carboxylic acids is 1. The van der Waals surface area contributed by atoms with Crippen molar-refractivity contribution in [1.29, 1.82) is 0 Å². The Morgan fingerprint density at radius 2 is 2.05 bits per heavy atom. The van der Waals surface area contributed by atoms with Gasteiger partial charge in [-0.05, 0) is 42.8 Å². The number of carbonyl (C=O) groups excluding carboxylic acids is 2. The van der Waals surface area contributed by atoms with E-state index in [2.05, 4.69) is 21.2 Å². The maximum Gasteiger partial charge on any atom is 0.326 e. The topological polar surface area (TPSA) is 92.7 Å². The van der Waals surface area contributed by atoms with Crippen molar-refractivity contribution in [1.82, 2.24) is 5.32 Å². The fourth-order valence-corrected chi connectivity index (χ4v) is 2.56. The second kappa shape index (κ2) is 7.04. The number of amides is 1. The van der Waals surface area contributed by atoms with Crippen molar-refractivity contribution in [2.24, 2.45) is 0 Å². The van der Waals surface area contributed by atoms with E-state index in [0.717, 1.165) is 3.79 Å². The van der Waals surface area contributed by atoms with Gasteiger partial charge in [-0.2, -0.15) is 0 Å². The Labute approximate surface area is 134 Å². The van der Waals surface area contributed by atoms with Crippen molar-refractivity contribution in [2.75, 3.05) is 0 Å². The van der Waals surface area contributed by atoms with Crippen LogP contribution in [0.4, 0.5) is 0 Å². The summed E-state index contributed by atoms with van der Waals surface area (Å²) < 4.78 is 5.81. The molecule has 0 aliphatic heterocycles. The number of rotatable bonds is 5. The van der Waals surface area contributed by atoms with Gasteiger partial charge in [-0.3, -0.25) is 9.59 Å². The smallest absolute Gasteiger partial charge is 0.326 e. The fourth-order valence-electron chi connectivity index (χ4n) is 1.42. The summed E-state index contributed by atoms with van der Waals surface area (Å²) in [5.74, 6) is -2.52. The number of nitrogens with one attached hydrogen (secondary N) is 1. The normalized spacial score (nSPS) is 12.6. The molecule has 0 saturated heterocycles. The van der Waals surface area contributed by atoms with E-state index in [1.54, 1.807) is 32.2 Å². The molecule has 0 aliphatic carbocycles. The predicted molar refractivity (Wildman–Crippen MR) is 81.4 cm³/mol. The Bertz CT molecular complexity index is 549. The number of thiophene rings is 1. The van der Waals surface area contributed by atoms with E-state index < -0.39 is 35.9 Å². The van der Waals surface area contributed by atoms with Gasteiger partial charge in [-0.1, -0.05) is 0 Å². The molecule has 1 amide bonds. The van der Waals surface area contributed by atoms with Crippen LogP contribution in [0, 0.1) is 0 Å². The van der Waals surface area contributed by atoms with Crippen LogP contribution in [0.5, 0.6) is 0 Å². The molecular formula is C13H16BrNO5S. The van der Waals surface area contributed by atoms with Gasteiger partial charge >= 0.3 is 11.9 Å². The molecule has 0 spiro atoms. The van der Waals surface area contributed by atoms with Gasteiger partial charge in [0.2, 0.25) is 0 Å². The third-order valence-corrected chi connectivity index (χ3v) is 3.73. The number of halogens is 1. The minimum absolute atomic E-state index is 0.335. The summed E-state index contributed by atoms with van der Waals surface area (Å²) in [4.78, 5) is 34.7. The molecule has 1 aromatic heterocycles. The summed E-state index contributed by atoms with van der Waals surface area (Å²) in [6.07, 6.45) is -0.427. The second-order valence-electron chi connectivity index (χ2n) is 5.29. The molecular weight excluding hydrogens is 362 g/mol.